The summed E-state index contributed by atoms with van der Waals surface area (Å²) in [5.41, 5.74) is 3.60. The SMILES string of the molecule is CCC[C@H](NC(=O)C1(CNC(=O)OCC2c3ccccc3-c3ccccc32)CCOCC1)C(=O)O. The van der Waals surface area contributed by atoms with Crippen LogP contribution in [-0.2, 0) is 19.1 Å². The van der Waals surface area contributed by atoms with Gasteiger partial charge in [-0.15, -0.1) is 0 Å². The van der Waals surface area contributed by atoms with Gasteiger partial charge in [0.2, 0.25) is 5.91 Å². The molecular formula is C27H32N2O6. The summed E-state index contributed by atoms with van der Waals surface area (Å²) < 4.78 is 11.0. The Hall–Kier alpha value is -3.39. The summed E-state index contributed by atoms with van der Waals surface area (Å²) in [5.74, 6) is -1.49. The fraction of sp³-hybridized carbons (Fsp3) is 0.444. The first-order valence-corrected chi connectivity index (χ1v) is 12.2. The lowest BCUT2D eigenvalue weighted by Gasteiger charge is -2.36. The molecule has 0 saturated carbocycles. The Labute approximate surface area is 205 Å². The molecule has 4 rings (SSSR count). The second kappa shape index (κ2) is 10.9. The topological polar surface area (TPSA) is 114 Å². The maximum Gasteiger partial charge on any atom is 0.407 e. The zero-order chi connectivity index (χ0) is 24.8. The first kappa shape index (κ1) is 24.7. The molecule has 0 spiro atoms. The molecule has 186 valence electrons. The number of hydrogen-bond acceptors (Lipinski definition) is 5. The van der Waals surface area contributed by atoms with Crippen LogP contribution < -0.4 is 10.6 Å². The van der Waals surface area contributed by atoms with E-state index in [1.54, 1.807) is 0 Å². The summed E-state index contributed by atoms with van der Waals surface area (Å²) in [7, 11) is 0. The first-order valence-electron chi connectivity index (χ1n) is 12.2. The lowest BCUT2D eigenvalue weighted by atomic mass is 9.79. The maximum atomic E-state index is 13.1. The molecule has 1 atom stereocenters. The van der Waals surface area contributed by atoms with Gasteiger partial charge < -0.3 is 25.2 Å². The molecule has 0 radical (unpaired) electrons. The van der Waals surface area contributed by atoms with Crippen LogP contribution in [0.2, 0.25) is 0 Å². The smallest absolute Gasteiger partial charge is 0.407 e. The van der Waals surface area contributed by atoms with E-state index < -0.39 is 23.5 Å². The Kier molecular flexibility index (Phi) is 7.70. The van der Waals surface area contributed by atoms with Gasteiger partial charge in [0.05, 0.1) is 5.41 Å². The number of aliphatic carboxylic acids is 1. The molecule has 1 heterocycles. The van der Waals surface area contributed by atoms with Crippen LogP contribution in [0.5, 0.6) is 0 Å². The Morgan fingerprint density at radius 3 is 2.23 bits per heavy atom. The molecule has 2 aromatic rings. The van der Waals surface area contributed by atoms with Crippen molar-refractivity contribution in [3.63, 3.8) is 0 Å². The van der Waals surface area contributed by atoms with Crippen LogP contribution in [0.1, 0.15) is 49.7 Å². The van der Waals surface area contributed by atoms with E-state index in [1.807, 2.05) is 31.2 Å². The molecule has 2 aromatic carbocycles. The van der Waals surface area contributed by atoms with Gasteiger partial charge in [0, 0.05) is 25.7 Å². The van der Waals surface area contributed by atoms with Crippen molar-refractivity contribution in [2.45, 2.75) is 44.6 Å². The van der Waals surface area contributed by atoms with Crippen molar-refractivity contribution in [2.75, 3.05) is 26.4 Å². The number of amides is 2. The molecule has 1 aliphatic heterocycles. The third-order valence-corrected chi connectivity index (χ3v) is 7.03. The standard InChI is InChI=1S/C27H32N2O6/c1-2-7-23(24(30)31)29-25(32)27(12-14-34-15-13-27)17-28-26(33)35-16-22-20-10-5-3-8-18(20)19-9-4-6-11-21(19)22/h3-6,8-11,22-23H,2,7,12-17H2,1H3,(H,28,33)(H,29,32)(H,30,31)/t23-/m0/s1. The number of rotatable bonds is 9. The van der Waals surface area contributed by atoms with Crippen molar-refractivity contribution >= 4 is 18.0 Å². The fourth-order valence-electron chi connectivity index (χ4n) is 4.99. The van der Waals surface area contributed by atoms with E-state index in [-0.39, 0.29) is 25.0 Å². The molecule has 1 aliphatic carbocycles. The van der Waals surface area contributed by atoms with Crippen LogP contribution >= 0.6 is 0 Å². The molecule has 1 saturated heterocycles. The maximum absolute atomic E-state index is 13.1. The van der Waals surface area contributed by atoms with Gasteiger partial charge in [-0.3, -0.25) is 4.79 Å². The molecule has 0 bridgehead atoms. The van der Waals surface area contributed by atoms with Crippen molar-refractivity contribution in [3.05, 3.63) is 59.7 Å². The predicted octanol–water partition coefficient (Wildman–Crippen LogP) is 3.69. The summed E-state index contributed by atoms with van der Waals surface area (Å²) in [6, 6.07) is 15.3. The van der Waals surface area contributed by atoms with Crippen molar-refractivity contribution in [2.24, 2.45) is 5.41 Å². The van der Waals surface area contributed by atoms with E-state index in [4.69, 9.17) is 9.47 Å². The fourth-order valence-corrected chi connectivity index (χ4v) is 4.99. The van der Waals surface area contributed by atoms with Crippen molar-refractivity contribution < 1.29 is 29.0 Å². The Morgan fingerprint density at radius 2 is 1.66 bits per heavy atom. The van der Waals surface area contributed by atoms with Crippen LogP contribution in [0, 0.1) is 5.41 Å². The van der Waals surface area contributed by atoms with Gasteiger partial charge in [0.15, 0.2) is 0 Å². The summed E-state index contributed by atoms with van der Waals surface area (Å²) in [4.78, 5) is 37.4. The average molecular weight is 481 g/mol. The van der Waals surface area contributed by atoms with Gasteiger partial charge >= 0.3 is 12.1 Å². The van der Waals surface area contributed by atoms with Gasteiger partial charge in [-0.2, -0.15) is 0 Å². The monoisotopic (exact) mass is 480 g/mol. The number of carboxylic acids is 1. The van der Waals surface area contributed by atoms with Gasteiger partial charge in [-0.25, -0.2) is 9.59 Å². The van der Waals surface area contributed by atoms with Crippen LogP contribution in [-0.4, -0.2) is 55.5 Å². The minimum absolute atomic E-state index is 0.0529. The zero-order valence-corrected chi connectivity index (χ0v) is 19.9. The molecule has 3 N–H and O–H groups in total. The number of fused-ring (bicyclic) bond motifs is 3. The Bertz CT molecular complexity index is 1030. The predicted molar refractivity (Wildman–Crippen MR) is 130 cm³/mol. The third kappa shape index (κ3) is 5.32. The number of ether oxygens (including phenoxy) is 2. The molecule has 2 aliphatic rings. The molecule has 0 aromatic heterocycles. The summed E-state index contributed by atoms with van der Waals surface area (Å²) >= 11 is 0. The number of carbonyl (C=O) groups is 3. The molecular weight excluding hydrogens is 448 g/mol. The quantitative estimate of drug-likeness (QED) is 0.504. The molecule has 35 heavy (non-hydrogen) atoms. The van der Waals surface area contributed by atoms with Gasteiger partial charge in [-0.1, -0.05) is 61.9 Å². The minimum Gasteiger partial charge on any atom is -0.480 e. The second-order valence-corrected chi connectivity index (χ2v) is 9.22. The molecule has 1 fully saturated rings. The number of carboxylic acid groups (broad SMARTS) is 1. The second-order valence-electron chi connectivity index (χ2n) is 9.22. The van der Waals surface area contributed by atoms with E-state index in [2.05, 4.69) is 34.9 Å². The average Bonchev–Trinajstić information content (AvgIpc) is 3.20. The van der Waals surface area contributed by atoms with Crippen LogP contribution in [0.15, 0.2) is 48.5 Å². The number of benzene rings is 2. The van der Waals surface area contributed by atoms with E-state index in [0.717, 1.165) is 22.3 Å². The molecule has 2 amide bonds. The van der Waals surface area contributed by atoms with E-state index in [9.17, 15) is 19.5 Å². The normalized spacial score (nSPS) is 17.1. The number of carbonyl (C=O) groups excluding carboxylic acids is 2. The highest BCUT2D eigenvalue weighted by atomic mass is 16.5. The highest BCUT2D eigenvalue weighted by molar-refractivity contribution is 5.88. The lowest BCUT2D eigenvalue weighted by molar-refractivity contribution is -0.146. The van der Waals surface area contributed by atoms with Gasteiger partial charge in [0.25, 0.3) is 0 Å². The summed E-state index contributed by atoms with van der Waals surface area (Å²) in [6.07, 6.45) is 1.15. The van der Waals surface area contributed by atoms with E-state index >= 15 is 0 Å². The Morgan fingerprint density at radius 1 is 1.06 bits per heavy atom. The van der Waals surface area contributed by atoms with Crippen LogP contribution in [0.3, 0.4) is 0 Å². The van der Waals surface area contributed by atoms with Crippen LogP contribution in [0.4, 0.5) is 4.79 Å². The van der Waals surface area contributed by atoms with Crippen molar-refractivity contribution in [1.29, 1.82) is 0 Å². The summed E-state index contributed by atoms with van der Waals surface area (Å²) in [5, 5.41) is 14.9. The van der Waals surface area contributed by atoms with E-state index in [0.29, 0.717) is 38.9 Å². The van der Waals surface area contributed by atoms with Gasteiger partial charge in [0.1, 0.15) is 12.6 Å². The van der Waals surface area contributed by atoms with Crippen molar-refractivity contribution in [1.82, 2.24) is 10.6 Å². The lowest BCUT2D eigenvalue weighted by Crippen LogP contribution is -2.54. The highest BCUT2D eigenvalue weighted by Crippen LogP contribution is 2.44. The molecule has 0 unspecified atom stereocenters. The molecule has 8 heteroatoms. The Balaban J connectivity index is 1.39. The highest BCUT2D eigenvalue weighted by Gasteiger charge is 2.42. The third-order valence-electron chi connectivity index (χ3n) is 7.03. The van der Waals surface area contributed by atoms with Crippen molar-refractivity contribution in [3.8, 4) is 11.1 Å². The minimum atomic E-state index is -1.06. The largest absolute Gasteiger partial charge is 0.480 e. The zero-order valence-electron chi connectivity index (χ0n) is 19.9. The molecule has 8 nitrogen and oxygen atoms in total. The first-order chi connectivity index (χ1) is 16.9. The number of hydrogen-bond donors (Lipinski definition) is 3. The summed E-state index contributed by atoms with van der Waals surface area (Å²) in [6.45, 7) is 2.83. The van der Waals surface area contributed by atoms with E-state index in [1.165, 1.54) is 0 Å². The number of nitrogens with one attached hydrogen (secondary N) is 2. The van der Waals surface area contributed by atoms with Gasteiger partial charge in [-0.05, 0) is 41.5 Å². The number of alkyl carbamates (subject to hydrolysis) is 1. The van der Waals surface area contributed by atoms with Crippen LogP contribution in [0.25, 0.3) is 11.1 Å².